The van der Waals surface area contributed by atoms with Crippen molar-refractivity contribution < 1.29 is 28.8 Å². The molecule has 0 unspecified atom stereocenters. The minimum Gasteiger partial charge on any atom is -0.494 e. The maximum absolute atomic E-state index is 14.6. The fraction of sp³-hybridized carbons (Fsp3) is 0.257. The zero-order chi connectivity index (χ0) is 34.2. The highest BCUT2D eigenvalue weighted by Gasteiger charge is 2.54. The van der Waals surface area contributed by atoms with Crippen LogP contribution in [0.2, 0.25) is 10.0 Å². The van der Waals surface area contributed by atoms with Crippen molar-refractivity contribution in [1.82, 2.24) is 10.9 Å². The predicted molar refractivity (Wildman–Crippen MR) is 184 cm³/mol. The lowest BCUT2D eigenvalue weighted by Gasteiger charge is -2.32. The Labute approximate surface area is 292 Å². The van der Waals surface area contributed by atoms with Gasteiger partial charge in [-0.05, 0) is 70.8 Å². The molecule has 4 aromatic rings. The zero-order valence-electron chi connectivity index (χ0n) is 26.1. The maximum Gasteiger partial charge on any atom is 0.266 e. The molecule has 0 radical (unpaired) electrons. The Morgan fingerprint density at radius 1 is 1.04 bits per heavy atom. The highest BCUT2D eigenvalue weighted by molar-refractivity contribution is 6.35. The molecule has 0 fully saturated rings. The average molecular weight is 704 g/mol. The molecule has 0 aromatic heterocycles. The fourth-order valence-corrected chi connectivity index (χ4v) is 6.15. The number of benzene rings is 4. The molecule has 2 aliphatic rings. The molecule has 49 heavy (non-hydrogen) atoms. The second-order valence-corrected chi connectivity index (χ2v) is 12.1. The van der Waals surface area contributed by atoms with Crippen LogP contribution in [0, 0.1) is 0 Å². The van der Waals surface area contributed by atoms with Crippen molar-refractivity contribution in [3.8, 4) is 17.2 Å². The van der Waals surface area contributed by atoms with E-state index in [4.69, 9.17) is 57.8 Å². The molecule has 0 aliphatic carbocycles. The number of aliphatic imine (C=N–C) groups is 1. The molecule has 6 rings (SSSR count). The number of amides is 1. The molecule has 14 heteroatoms. The molecule has 1 amide bonds. The molecule has 4 aromatic carbocycles. The Bertz CT molecular complexity index is 1900. The van der Waals surface area contributed by atoms with Crippen molar-refractivity contribution in [1.29, 1.82) is 0 Å². The van der Waals surface area contributed by atoms with Crippen molar-refractivity contribution in [3.05, 3.63) is 133 Å². The van der Waals surface area contributed by atoms with Gasteiger partial charge in [0.15, 0.2) is 23.1 Å². The summed E-state index contributed by atoms with van der Waals surface area (Å²) in [5.74, 6) is 1.62. The Hall–Kier alpha value is -4.97. The number of fused-ring (bicyclic) bond motifs is 1. The van der Waals surface area contributed by atoms with Gasteiger partial charge in [-0.15, -0.1) is 0 Å². The second-order valence-electron chi connectivity index (χ2n) is 11.3. The van der Waals surface area contributed by atoms with Crippen molar-refractivity contribution in [3.63, 3.8) is 0 Å². The molecular formula is C35H32Cl2N6O6. The van der Waals surface area contributed by atoms with Gasteiger partial charge in [0, 0.05) is 52.1 Å². The van der Waals surface area contributed by atoms with Crippen LogP contribution in [0.25, 0.3) is 10.4 Å². The van der Waals surface area contributed by atoms with Gasteiger partial charge in [-0.1, -0.05) is 64.7 Å². The van der Waals surface area contributed by atoms with E-state index in [0.29, 0.717) is 51.4 Å². The molecule has 0 saturated heterocycles. The quantitative estimate of drug-likeness (QED) is 0.0438. The normalized spacial score (nSPS) is 17.5. The molecule has 2 aliphatic heterocycles. The first-order chi connectivity index (χ1) is 23.9. The van der Waals surface area contributed by atoms with E-state index in [9.17, 15) is 4.79 Å². The Morgan fingerprint density at radius 2 is 1.84 bits per heavy atom. The summed E-state index contributed by atoms with van der Waals surface area (Å²) in [6.45, 7) is 0.893. The molecule has 0 spiro atoms. The number of nitrogens with zero attached hydrogens (tertiary/aromatic N) is 4. The van der Waals surface area contributed by atoms with Crippen LogP contribution in [0.15, 0.2) is 95.0 Å². The first kappa shape index (κ1) is 33.9. The number of hydrogen-bond donors (Lipinski definition) is 3. The first-order valence-corrected chi connectivity index (χ1v) is 16.2. The van der Waals surface area contributed by atoms with E-state index in [1.807, 2.05) is 42.5 Å². The second kappa shape index (κ2) is 15.5. The van der Waals surface area contributed by atoms with Crippen LogP contribution in [0.4, 0.5) is 0 Å². The van der Waals surface area contributed by atoms with Crippen molar-refractivity contribution in [2.24, 2.45) is 10.1 Å². The minimum absolute atomic E-state index is 0.0268. The highest BCUT2D eigenvalue weighted by atomic mass is 35.5. The number of carbonyl (C=O) groups excluding carboxylic acids is 1. The van der Waals surface area contributed by atoms with E-state index in [1.54, 1.807) is 42.5 Å². The van der Waals surface area contributed by atoms with E-state index in [-0.39, 0.29) is 38.8 Å². The summed E-state index contributed by atoms with van der Waals surface area (Å²) in [5, 5.41) is 13.6. The summed E-state index contributed by atoms with van der Waals surface area (Å²) >= 11 is 13.1. The molecule has 2 atom stereocenters. The average Bonchev–Trinajstić information content (AvgIpc) is 3.74. The lowest BCUT2D eigenvalue weighted by atomic mass is 9.81. The highest BCUT2D eigenvalue weighted by Crippen LogP contribution is 2.45. The number of aliphatic hydroxyl groups excluding tert-OH is 1. The third-order valence-electron chi connectivity index (χ3n) is 8.09. The largest absolute Gasteiger partial charge is 0.494 e. The Kier molecular flexibility index (Phi) is 10.7. The van der Waals surface area contributed by atoms with Crippen molar-refractivity contribution in [2.45, 2.75) is 37.6 Å². The van der Waals surface area contributed by atoms with Gasteiger partial charge in [0.1, 0.15) is 5.75 Å². The third-order valence-corrected chi connectivity index (χ3v) is 8.65. The van der Waals surface area contributed by atoms with Gasteiger partial charge in [-0.25, -0.2) is 10.4 Å². The first-order valence-electron chi connectivity index (χ1n) is 15.4. The molecule has 12 nitrogen and oxygen atoms in total. The topological polar surface area (TPSA) is 159 Å². The van der Waals surface area contributed by atoms with Gasteiger partial charge in [0.05, 0.1) is 13.2 Å². The summed E-state index contributed by atoms with van der Waals surface area (Å²) in [6.07, 6.45) is -0.424. The lowest BCUT2D eigenvalue weighted by molar-refractivity contribution is -0.130. The van der Waals surface area contributed by atoms with E-state index >= 15 is 0 Å². The number of aliphatic hydroxyl groups is 1. The van der Waals surface area contributed by atoms with E-state index in [0.717, 1.165) is 16.7 Å². The Morgan fingerprint density at radius 3 is 2.61 bits per heavy atom. The monoisotopic (exact) mass is 702 g/mol. The number of ether oxygens (including phenoxy) is 4. The zero-order valence-corrected chi connectivity index (χ0v) is 27.7. The van der Waals surface area contributed by atoms with Gasteiger partial charge >= 0.3 is 0 Å². The van der Waals surface area contributed by atoms with Crippen LogP contribution >= 0.6 is 23.2 Å². The van der Waals surface area contributed by atoms with Crippen LogP contribution < -0.4 is 25.1 Å². The number of carbonyl (C=O) groups is 1. The van der Waals surface area contributed by atoms with Gasteiger partial charge < -0.3 is 24.1 Å². The molecule has 2 heterocycles. The van der Waals surface area contributed by atoms with E-state index < -0.39 is 17.6 Å². The summed E-state index contributed by atoms with van der Waals surface area (Å²) in [7, 11) is 0. The van der Waals surface area contributed by atoms with Crippen LogP contribution in [-0.2, 0) is 29.0 Å². The van der Waals surface area contributed by atoms with Gasteiger partial charge in [0.25, 0.3) is 5.91 Å². The Balaban J connectivity index is 1.39. The van der Waals surface area contributed by atoms with Crippen LogP contribution in [0.5, 0.6) is 17.2 Å². The maximum atomic E-state index is 14.6. The van der Waals surface area contributed by atoms with Crippen molar-refractivity contribution in [2.75, 3.05) is 20.0 Å². The summed E-state index contributed by atoms with van der Waals surface area (Å²) in [4.78, 5) is 22.6. The van der Waals surface area contributed by atoms with Crippen LogP contribution in [-0.4, -0.2) is 42.5 Å². The van der Waals surface area contributed by atoms with Gasteiger partial charge in [-0.3, -0.25) is 10.2 Å². The number of azide groups is 1. The third kappa shape index (κ3) is 7.69. The summed E-state index contributed by atoms with van der Waals surface area (Å²) in [6, 6.07) is 25.0. The molecule has 3 N–H and O–H groups in total. The number of rotatable bonds is 14. The molecular weight excluding hydrogens is 671 g/mol. The number of hydrazine groups is 1. The van der Waals surface area contributed by atoms with Crippen molar-refractivity contribution >= 4 is 35.0 Å². The lowest BCUT2D eigenvalue weighted by Crippen LogP contribution is -2.53. The van der Waals surface area contributed by atoms with E-state index in [2.05, 4.69) is 20.9 Å². The smallest absolute Gasteiger partial charge is 0.266 e. The summed E-state index contributed by atoms with van der Waals surface area (Å²) in [5.41, 5.74) is 16.8. The number of halogens is 2. The molecule has 0 saturated carbocycles. The SMILES string of the molecule is [N-]=[N+]=NCc1ccccc1C[C@]1(C(=O)NNCc2ccc3c(c2)OCO3)N=C(c2ccc(OCCCO)cc2)O[C@H]1c1ccc(Cl)cc1Cl. The van der Waals surface area contributed by atoms with Crippen LogP contribution in [0.1, 0.15) is 40.3 Å². The number of hydrogen-bond acceptors (Lipinski definition) is 9. The standard InChI is InChI=1S/C35H32Cl2N6O6/c36-26-9-12-28(29(37)17-26)32-35(18-24-4-1-2-5-25(24)20-40-43-38,34(45)42-39-19-22-6-13-30-31(16-22)48-21-47-30)41-33(49-32)23-7-10-27(11-8-23)46-15-3-14-44/h1-2,4-13,16-17,32,39,44H,3,14-15,18-21H2,(H,42,45)/t32-,35-/m0/s1. The van der Waals surface area contributed by atoms with Gasteiger partial charge in [0.2, 0.25) is 12.7 Å². The van der Waals surface area contributed by atoms with Crippen LogP contribution in [0.3, 0.4) is 0 Å². The minimum atomic E-state index is -1.60. The molecule has 252 valence electrons. The predicted octanol–water partition coefficient (Wildman–Crippen LogP) is 6.61. The number of nitrogens with one attached hydrogen (secondary N) is 2. The summed E-state index contributed by atoms with van der Waals surface area (Å²) < 4.78 is 23.2. The fourth-order valence-electron chi connectivity index (χ4n) is 5.64. The van der Waals surface area contributed by atoms with E-state index in [1.165, 1.54) is 0 Å². The van der Waals surface area contributed by atoms with Gasteiger partial charge in [-0.2, -0.15) is 0 Å². The molecule has 0 bridgehead atoms.